The lowest BCUT2D eigenvalue weighted by Gasteiger charge is -2.22. The van der Waals surface area contributed by atoms with Crippen LogP contribution in [0.15, 0.2) is 170 Å². The summed E-state index contributed by atoms with van der Waals surface area (Å²) < 4.78 is 25.7. The molecule has 0 aliphatic rings. The van der Waals surface area contributed by atoms with Crippen molar-refractivity contribution in [3.05, 3.63) is 203 Å². The Morgan fingerprint density at radius 1 is 0.483 bits per heavy atom. The summed E-state index contributed by atoms with van der Waals surface area (Å²) in [6.45, 7) is 9.76. The van der Waals surface area contributed by atoms with Crippen molar-refractivity contribution in [2.45, 2.75) is 91.0 Å². The van der Waals surface area contributed by atoms with Gasteiger partial charge in [-0.2, -0.15) is 0 Å². The second-order valence-electron chi connectivity index (χ2n) is 15.4. The molecule has 4 unspecified atom stereocenters. The molecule has 4 atom stereocenters. The van der Waals surface area contributed by atoms with Crippen LogP contribution in [0.3, 0.4) is 0 Å². The number of hydrogen-bond donors (Lipinski definition) is 0. The van der Waals surface area contributed by atoms with E-state index in [9.17, 15) is 0 Å². The van der Waals surface area contributed by atoms with Crippen LogP contribution in [0.5, 0.6) is 11.5 Å². The van der Waals surface area contributed by atoms with Gasteiger partial charge in [-0.05, 0) is 109 Å². The fraction of sp³-hybridized carbons (Fsp3) is 0.273. The molecule has 5 nitrogen and oxygen atoms in total. The van der Waals surface area contributed by atoms with Crippen molar-refractivity contribution in [2.24, 2.45) is 0 Å². The van der Waals surface area contributed by atoms with E-state index in [1.807, 2.05) is 66.7 Å². The minimum absolute atomic E-state index is 0.0896. The molecule has 0 heterocycles. The zero-order chi connectivity index (χ0) is 41.9. The molecule has 6 rings (SSSR count). The highest BCUT2D eigenvalue weighted by atomic mass is 16.5. The van der Waals surface area contributed by atoms with Gasteiger partial charge in [0.15, 0.2) is 0 Å². The van der Waals surface area contributed by atoms with E-state index >= 15 is 0 Å². The summed E-state index contributed by atoms with van der Waals surface area (Å²) >= 11 is 0. The highest BCUT2D eigenvalue weighted by Crippen LogP contribution is 2.32. The number of ether oxygens (including phenoxy) is 4. The predicted octanol–water partition coefficient (Wildman–Crippen LogP) is 14.5. The zero-order valence-corrected chi connectivity index (χ0v) is 36.0. The van der Waals surface area contributed by atoms with Gasteiger partial charge >= 0.3 is 0 Å². The first-order chi connectivity index (χ1) is 29.4. The fourth-order valence-electron chi connectivity index (χ4n) is 7.16. The van der Waals surface area contributed by atoms with Gasteiger partial charge in [0.2, 0.25) is 0 Å². The minimum atomic E-state index is -0.254. The lowest BCUT2D eigenvalue weighted by Crippen LogP contribution is -2.12. The Labute approximate surface area is 358 Å². The van der Waals surface area contributed by atoms with Crippen molar-refractivity contribution in [3.8, 4) is 11.5 Å². The van der Waals surface area contributed by atoms with Gasteiger partial charge in [0.05, 0.1) is 12.2 Å². The third kappa shape index (κ3) is 13.3. The van der Waals surface area contributed by atoms with Gasteiger partial charge in [-0.25, -0.2) is 0 Å². The molecule has 0 aromatic heterocycles. The molecule has 5 heteroatoms. The van der Waals surface area contributed by atoms with E-state index in [2.05, 4.69) is 155 Å². The molecule has 0 bridgehead atoms. The Morgan fingerprint density at radius 2 is 0.917 bits per heavy atom. The molecule has 0 saturated carbocycles. The summed E-state index contributed by atoms with van der Waals surface area (Å²) in [4.78, 5) is 2.22. The maximum atomic E-state index is 6.74. The Bertz CT molecular complexity index is 2180. The van der Waals surface area contributed by atoms with E-state index in [0.29, 0.717) is 13.2 Å². The molecule has 310 valence electrons. The van der Waals surface area contributed by atoms with E-state index in [4.69, 9.17) is 18.9 Å². The van der Waals surface area contributed by atoms with Crippen LogP contribution in [0.25, 0.3) is 12.2 Å². The van der Waals surface area contributed by atoms with Gasteiger partial charge in [0.25, 0.3) is 0 Å². The molecule has 60 heavy (non-hydrogen) atoms. The summed E-state index contributed by atoms with van der Waals surface area (Å²) in [7, 11) is 2.11. The molecule has 0 aliphatic carbocycles. The Kier molecular flexibility index (Phi) is 16.8. The van der Waals surface area contributed by atoms with E-state index in [0.717, 1.165) is 81.9 Å². The van der Waals surface area contributed by atoms with E-state index in [1.54, 1.807) is 0 Å². The largest absolute Gasteiger partial charge is 0.489 e. The highest BCUT2D eigenvalue weighted by Gasteiger charge is 2.16. The zero-order valence-electron chi connectivity index (χ0n) is 36.0. The van der Waals surface area contributed by atoms with Crippen LogP contribution in [0.1, 0.15) is 99.0 Å². The fourth-order valence-corrected chi connectivity index (χ4v) is 7.16. The molecule has 6 aromatic rings. The van der Waals surface area contributed by atoms with Crippen LogP contribution in [0.2, 0.25) is 0 Å². The molecule has 0 fully saturated rings. The van der Waals surface area contributed by atoms with Crippen LogP contribution < -0.4 is 14.4 Å². The first-order valence-corrected chi connectivity index (χ1v) is 21.5. The second kappa shape index (κ2) is 23.1. The standard InChI is InChI=1S/C55H61NO4/c1-6-17-42(3)59-54(47-26-33-52(34-27-47)57-40-44-19-11-8-12-20-44)37-30-46-25-32-51(56(5)50-23-15-10-16-24-50)39-49(46)31-38-55(60-43(4)18-7-2)48-28-35-53(36-29-48)58-41-45-21-13-9-14-22-45/h8-16,19-39,42-43,54-55H,6-7,17-18,40-41H2,1-5H3/b37-30+,38-31+. The van der Waals surface area contributed by atoms with Gasteiger partial charge in [-0.3, -0.25) is 0 Å². The van der Waals surface area contributed by atoms with Gasteiger partial charge in [-0.1, -0.05) is 160 Å². The monoisotopic (exact) mass is 799 g/mol. The number of rotatable bonds is 22. The summed E-state index contributed by atoms with van der Waals surface area (Å²) in [5.74, 6) is 1.66. The highest BCUT2D eigenvalue weighted by molar-refractivity contribution is 5.73. The lowest BCUT2D eigenvalue weighted by molar-refractivity contribution is 0.0186. The SMILES string of the molecule is CCCC(C)OC(/C=C/c1ccc(N(C)c2ccccc2)cc1/C=C/C(OC(C)CCC)c1ccc(OCc2ccccc2)cc1)c1ccc(OCc2ccccc2)cc1. The first kappa shape index (κ1) is 43.7. The van der Waals surface area contributed by atoms with Crippen LogP contribution >= 0.6 is 0 Å². The van der Waals surface area contributed by atoms with Crippen LogP contribution in [-0.4, -0.2) is 19.3 Å². The van der Waals surface area contributed by atoms with Crippen LogP contribution in [0.4, 0.5) is 11.4 Å². The minimum Gasteiger partial charge on any atom is -0.489 e. The smallest absolute Gasteiger partial charge is 0.119 e. The molecule has 0 amide bonds. The van der Waals surface area contributed by atoms with Crippen molar-refractivity contribution in [1.82, 2.24) is 0 Å². The molecule has 0 spiro atoms. The Balaban J connectivity index is 1.30. The van der Waals surface area contributed by atoms with Crippen molar-refractivity contribution in [3.63, 3.8) is 0 Å². The summed E-state index contributed by atoms with van der Waals surface area (Å²) in [6.07, 6.45) is 12.5. The van der Waals surface area contributed by atoms with Crippen molar-refractivity contribution >= 4 is 23.5 Å². The van der Waals surface area contributed by atoms with Crippen LogP contribution in [0, 0.1) is 0 Å². The maximum Gasteiger partial charge on any atom is 0.119 e. The van der Waals surface area contributed by atoms with Gasteiger partial charge in [0, 0.05) is 18.4 Å². The number of nitrogens with zero attached hydrogens (tertiary/aromatic N) is 1. The van der Waals surface area contributed by atoms with E-state index in [-0.39, 0.29) is 24.4 Å². The number of hydrogen-bond acceptors (Lipinski definition) is 5. The number of anilines is 2. The normalized spacial score (nSPS) is 13.6. The van der Waals surface area contributed by atoms with Crippen molar-refractivity contribution in [1.29, 1.82) is 0 Å². The molecule has 0 N–H and O–H groups in total. The predicted molar refractivity (Wildman–Crippen MR) is 250 cm³/mol. The molecule has 0 radical (unpaired) electrons. The summed E-state index contributed by atoms with van der Waals surface area (Å²) in [5.41, 5.74) is 8.80. The summed E-state index contributed by atoms with van der Waals surface area (Å²) in [6, 6.07) is 54.2. The summed E-state index contributed by atoms with van der Waals surface area (Å²) in [5, 5.41) is 0. The van der Waals surface area contributed by atoms with E-state index in [1.165, 1.54) is 0 Å². The van der Waals surface area contributed by atoms with Crippen LogP contribution in [-0.2, 0) is 22.7 Å². The average Bonchev–Trinajstić information content (AvgIpc) is 3.29. The third-order valence-electron chi connectivity index (χ3n) is 10.6. The topological polar surface area (TPSA) is 40.2 Å². The average molecular weight is 800 g/mol. The Hall–Kier alpha value is -5.88. The first-order valence-electron chi connectivity index (χ1n) is 21.5. The number of para-hydroxylation sites is 1. The van der Waals surface area contributed by atoms with Crippen molar-refractivity contribution < 1.29 is 18.9 Å². The van der Waals surface area contributed by atoms with Gasteiger partial charge in [0.1, 0.15) is 36.9 Å². The molecule has 6 aromatic carbocycles. The second-order valence-corrected chi connectivity index (χ2v) is 15.4. The number of benzene rings is 6. The lowest BCUT2D eigenvalue weighted by atomic mass is 10.0. The van der Waals surface area contributed by atoms with Crippen molar-refractivity contribution in [2.75, 3.05) is 11.9 Å². The molecule has 0 saturated heterocycles. The van der Waals surface area contributed by atoms with Gasteiger partial charge in [-0.15, -0.1) is 0 Å². The molecular formula is C55H61NO4. The Morgan fingerprint density at radius 3 is 1.37 bits per heavy atom. The van der Waals surface area contributed by atoms with Gasteiger partial charge < -0.3 is 23.8 Å². The quantitative estimate of drug-likeness (QED) is 0.0684. The maximum absolute atomic E-state index is 6.74. The molecular weight excluding hydrogens is 739 g/mol. The molecule has 0 aliphatic heterocycles. The third-order valence-corrected chi connectivity index (χ3v) is 10.6. The van der Waals surface area contributed by atoms with E-state index < -0.39 is 0 Å².